The number of benzene rings is 1. The lowest BCUT2D eigenvalue weighted by atomic mass is 9.53. The molecular formula is C21H20F5N3O3S. The zero-order valence-corrected chi connectivity index (χ0v) is 18.2. The summed E-state index contributed by atoms with van der Waals surface area (Å²) in [5.41, 5.74) is -2.02. The molecule has 0 radical (unpaired) electrons. The Hall–Kier alpha value is -2.76. The first kappa shape index (κ1) is 23.4. The summed E-state index contributed by atoms with van der Waals surface area (Å²) < 4.78 is 91.2. The molecule has 1 amide bonds. The summed E-state index contributed by atoms with van der Waals surface area (Å²) in [7, 11) is -3.08. The second-order valence-corrected chi connectivity index (χ2v) is 10.9. The van der Waals surface area contributed by atoms with Crippen molar-refractivity contribution in [3.8, 4) is 5.88 Å². The van der Waals surface area contributed by atoms with E-state index >= 15 is 0 Å². The van der Waals surface area contributed by atoms with E-state index in [1.54, 1.807) is 0 Å². The van der Waals surface area contributed by atoms with Crippen LogP contribution in [0.2, 0.25) is 0 Å². The van der Waals surface area contributed by atoms with Crippen molar-refractivity contribution in [2.75, 3.05) is 11.6 Å². The fraction of sp³-hybridized carbons (Fsp3) is 0.429. The van der Waals surface area contributed by atoms with Gasteiger partial charge in [0, 0.05) is 35.9 Å². The quantitative estimate of drug-likeness (QED) is 0.555. The second-order valence-electron chi connectivity index (χ2n) is 8.76. The smallest absolute Gasteiger partial charge is 0.417 e. The summed E-state index contributed by atoms with van der Waals surface area (Å²) in [5.74, 6) is -3.97. The molecule has 1 heterocycles. The molecule has 1 spiro atoms. The van der Waals surface area contributed by atoms with Gasteiger partial charge in [0.15, 0.2) is 0 Å². The summed E-state index contributed by atoms with van der Waals surface area (Å²) >= 11 is 0. The fourth-order valence-electron chi connectivity index (χ4n) is 4.36. The van der Waals surface area contributed by atoms with E-state index in [-0.39, 0.29) is 29.3 Å². The van der Waals surface area contributed by atoms with Crippen molar-refractivity contribution in [3.05, 3.63) is 47.7 Å². The number of carbonyl (C=O) groups is 1. The molecule has 178 valence electrons. The maximum absolute atomic E-state index is 13.2. The van der Waals surface area contributed by atoms with E-state index in [4.69, 9.17) is 9.52 Å². The van der Waals surface area contributed by atoms with E-state index in [2.05, 4.69) is 10.3 Å². The van der Waals surface area contributed by atoms with Gasteiger partial charge in [0.05, 0.1) is 15.3 Å². The van der Waals surface area contributed by atoms with Crippen LogP contribution in [0.25, 0.3) is 0 Å². The number of ether oxygens (including phenoxy) is 1. The Balaban J connectivity index is 1.56. The third kappa shape index (κ3) is 4.94. The molecule has 0 bridgehead atoms. The van der Waals surface area contributed by atoms with E-state index in [9.17, 15) is 31.0 Å². The number of amides is 1. The van der Waals surface area contributed by atoms with Gasteiger partial charge in [0.2, 0.25) is 11.8 Å². The minimum atomic E-state index is -4.75. The molecule has 2 aromatic rings. The van der Waals surface area contributed by atoms with Crippen LogP contribution in [0.4, 0.5) is 27.6 Å². The van der Waals surface area contributed by atoms with Gasteiger partial charge in [0.1, 0.15) is 11.7 Å². The standard InChI is InChI=1S/C21H20F5N3O3S/c1-33(27,31)15-4-2-3-13(6-15)29-17(30)16-5-12(21(24,25)26)9-28-18(16)32-14-7-19(8-14)10-20(22,23)11-19/h2-6,9,14,27H,7-8,10-11H2,1H3,(H,29,30). The van der Waals surface area contributed by atoms with Gasteiger partial charge in [-0.25, -0.2) is 22.8 Å². The number of pyridine rings is 1. The Morgan fingerprint density at radius 2 is 1.91 bits per heavy atom. The van der Waals surface area contributed by atoms with Gasteiger partial charge in [-0.2, -0.15) is 13.2 Å². The number of anilines is 1. The predicted molar refractivity (Wildman–Crippen MR) is 109 cm³/mol. The van der Waals surface area contributed by atoms with Crippen molar-refractivity contribution in [1.82, 2.24) is 4.98 Å². The molecule has 2 N–H and O–H groups in total. The van der Waals surface area contributed by atoms with Gasteiger partial charge in [-0.3, -0.25) is 4.79 Å². The van der Waals surface area contributed by atoms with Gasteiger partial charge in [-0.1, -0.05) is 6.07 Å². The Morgan fingerprint density at radius 1 is 1.24 bits per heavy atom. The second kappa shape index (κ2) is 7.64. The minimum absolute atomic E-state index is 0.127. The van der Waals surface area contributed by atoms with Crippen molar-refractivity contribution in [3.63, 3.8) is 0 Å². The van der Waals surface area contributed by atoms with Crippen LogP contribution in [0.3, 0.4) is 0 Å². The largest absolute Gasteiger partial charge is 0.474 e. The van der Waals surface area contributed by atoms with Crippen LogP contribution >= 0.6 is 0 Å². The van der Waals surface area contributed by atoms with E-state index in [1.807, 2.05) is 0 Å². The molecule has 1 aromatic carbocycles. The molecule has 0 saturated heterocycles. The molecular weight excluding hydrogens is 469 g/mol. The number of halogens is 5. The normalized spacial score (nSPS) is 20.9. The average Bonchev–Trinajstić information content (AvgIpc) is 2.64. The predicted octanol–water partition coefficient (Wildman–Crippen LogP) is 5.34. The Morgan fingerprint density at radius 3 is 2.48 bits per heavy atom. The first-order valence-corrected chi connectivity index (χ1v) is 11.9. The van der Waals surface area contributed by atoms with Crippen LogP contribution < -0.4 is 10.1 Å². The number of carbonyl (C=O) groups excluding carboxylic acids is 1. The third-order valence-electron chi connectivity index (χ3n) is 5.83. The summed E-state index contributed by atoms with van der Waals surface area (Å²) in [4.78, 5) is 16.6. The maximum atomic E-state index is 13.2. The Kier molecular flexibility index (Phi) is 5.42. The lowest BCUT2D eigenvalue weighted by Crippen LogP contribution is -2.57. The van der Waals surface area contributed by atoms with E-state index in [1.165, 1.54) is 30.5 Å². The van der Waals surface area contributed by atoms with Gasteiger partial charge >= 0.3 is 6.18 Å². The minimum Gasteiger partial charge on any atom is -0.474 e. The van der Waals surface area contributed by atoms with Crippen LogP contribution in [-0.4, -0.2) is 33.4 Å². The lowest BCUT2D eigenvalue weighted by Gasteiger charge is -2.56. The number of alkyl halides is 5. The number of aromatic nitrogens is 1. The van der Waals surface area contributed by atoms with E-state index < -0.39 is 50.4 Å². The van der Waals surface area contributed by atoms with Crippen molar-refractivity contribution < 1.29 is 35.7 Å². The zero-order chi connectivity index (χ0) is 24.2. The summed E-state index contributed by atoms with van der Waals surface area (Å²) in [6.45, 7) is 0. The molecule has 1 aromatic heterocycles. The highest BCUT2D eigenvalue weighted by molar-refractivity contribution is 7.91. The van der Waals surface area contributed by atoms with Crippen LogP contribution in [0.15, 0.2) is 41.4 Å². The molecule has 2 saturated carbocycles. The molecule has 12 heteroatoms. The zero-order valence-electron chi connectivity index (χ0n) is 17.3. The number of nitrogens with zero attached hydrogens (tertiary/aromatic N) is 1. The first-order chi connectivity index (χ1) is 15.2. The lowest BCUT2D eigenvalue weighted by molar-refractivity contribution is -0.215. The van der Waals surface area contributed by atoms with Crippen LogP contribution in [0.1, 0.15) is 41.6 Å². The van der Waals surface area contributed by atoms with Crippen LogP contribution in [0, 0.1) is 10.2 Å². The van der Waals surface area contributed by atoms with Crippen LogP contribution in [0.5, 0.6) is 5.88 Å². The molecule has 2 aliphatic carbocycles. The third-order valence-corrected chi connectivity index (χ3v) is 6.99. The molecule has 1 unspecified atom stereocenters. The van der Waals surface area contributed by atoms with E-state index in [0.717, 1.165) is 0 Å². The molecule has 33 heavy (non-hydrogen) atoms. The van der Waals surface area contributed by atoms with Crippen molar-refractivity contribution in [2.45, 2.75) is 48.8 Å². The topological polar surface area (TPSA) is 92.1 Å². The number of rotatable bonds is 5. The molecule has 1 atom stereocenters. The summed E-state index contributed by atoms with van der Waals surface area (Å²) in [6.07, 6.45) is -3.43. The highest BCUT2D eigenvalue weighted by Crippen LogP contribution is 2.63. The molecule has 2 fully saturated rings. The first-order valence-electron chi connectivity index (χ1n) is 9.93. The summed E-state index contributed by atoms with van der Waals surface area (Å²) in [6, 6.07) is 6.22. The van der Waals surface area contributed by atoms with Gasteiger partial charge in [0.25, 0.3) is 5.91 Å². The Labute approximate surface area is 186 Å². The number of hydrogen-bond donors (Lipinski definition) is 2. The molecule has 4 rings (SSSR count). The van der Waals surface area contributed by atoms with Crippen molar-refractivity contribution >= 4 is 21.3 Å². The number of nitrogens with one attached hydrogen (secondary N) is 2. The van der Waals surface area contributed by atoms with Gasteiger partial charge in [-0.15, -0.1) is 0 Å². The van der Waals surface area contributed by atoms with Crippen molar-refractivity contribution in [2.24, 2.45) is 5.41 Å². The molecule has 0 aliphatic heterocycles. The van der Waals surface area contributed by atoms with Crippen molar-refractivity contribution in [1.29, 1.82) is 4.78 Å². The van der Waals surface area contributed by atoms with Crippen LogP contribution in [-0.2, 0) is 15.9 Å². The van der Waals surface area contributed by atoms with E-state index in [0.29, 0.717) is 25.1 Å². The monoisotopic (exact) mass is 489 g/mol. The summed E-state index contributed by atoms with van der Waals surface area (Å²) in [5, 5.41) is 2.41. The Bertz CT molecular complexity index is 1200. The van der Waals surface area contributed by atoms with Gasteiger partial charge in [-0.05, 0) is 42.5 Å². The highest BCUT2D eigenvalue weighted by Gasteiger charge is 2.62. The fourth-order valence-corrected chi connectivity index (χ4v) is 5.05. The van der Waals surface area contributed by atoms with Gasteiger partial charge < -0.3 is 10.1 Å². The molecule has 6 nitrogen and oxygen atoms in total. The molecule has 2 aliphatic rings. The SMILES string of the molecule is CS(=N)(=O)c1cccc(NC(=O)c2cc(C(F)(F)F)cnc2OC2CC3(C2)CC(F)(F)C3)c1. The average molecular weight is 489 g/mol. The highest BCUT2D eigenvalue weighted by atomic mass is 32.2. The number of hydrogen-bond acceptors (Lipinski definition) is 5. The maximum Gasteiger partial charge on any atom is 0.417 e.